The van der Waals surface area contributed by atoms with Gasteiger partial charge in [-0.15, -0.1) is 11.8 Å². The van der Waals surface area contributed by atoms with Crippen LogP contribution in [0.25, 0.3) is 0 Å². The van der Waals surface area contributed by atoms with Gasteiger partial charge in [-0.05, 0) is 11.3 Å². The molecule has 0 saturated carbocycles. The molecule has 1 saturated heterocycles. The van der Waals surface area contributed by atoms with Crippen molar-refractivity contribution in [3.63, 3.8) is 0 Å². The summed E-state index contributed by atoms with van der Waals surface area (Å²) in [4.78, 5) is 12.0. The van der Waals surface area contributed by atoms with Gasteiger partial charge in [-0.25, -0.2) is 0 Å². The van der Waals surface area contributed by atoms with Gasteiger partial charge in [0.15, 0.2) is 5.78 Å². The Kier molecular flexibility index (Phi) is 1.96. The number of Topliss-reactive ketones (excluding diaryl/α,β-unsaturated/α-hetero) is 1. The molecule has 0 aromatic heterocycles. The summed E-state index contributed by atoms with van der Waals surface area (Å²) in [6, 6.07) is 0. The zero-order valence-corrected chi connectivity index (χ0v) is 6.33. The SMILES string of the molecule is C=C1CC(=O)C(CC)S1. The first-order chi connectivity index (χ1) is 4.24. The van der Waals surface area contributed by atoms with Gasteiger partial charge in [0, 0.05) is 6.42 Å². The van der Waals surface area contributed by atoms with Crippen LogP contribution in [0, 0.1) is 0 Å². The molecule has 1 heterocycles. The Morgan fingerprint density at radius 3 is 2.78 bits per heavy atom. The summed E-state index contributed by atoms with van der Waals surface area (Å²) >= 11 is 1.63. The topological polar surface area (TPSA) is 17.1 Å². The molecule has 1 aliphatic rings. The number of thioether (sulfide) groups is 1. The van der Waals surface area contributed by atoms with Crippen molar-refractivity contribution < 1.29 is 4.79 Å². The van der Waals surface area contributed by atoms with Crippen LogP contribution in [-0.2, 0) is 4.79 Å². The lowest BCUT2D eigenvalue weighted by molar-refractivity contribution is -0.117. The molecular weight excluding hydrogens is 132 g/mol. The van der Waals surface area contributed by atoms with E-state index in [4.69, 9.17) is 0 Å². The van der Waals surface area contributed by atoms with E-state index >= 15 is 0 Å². The Morgan fingerprint density at radius 2 is 2.56 bits per heavy atom. The van der Waals surface area contributed by atoms with Crippen LogP contribution < -0.4 is 0 Å². The monoisotopic (exact) mass is 142 g/mol. The van der Waals surface area contributed by atoms with Crippen molar-refractivity contribution in [1.29, 1.82) is 0 Å². The molecule has 0 aromatic carbocycles. The number of ketones is 1. The number of carbonyl (C=O) groups excluding carboxylic acids is 1. The van der Waals surface area contributed by atoms with Gasteiger partial charge in [-0.3, -0.25) is 4.79 Å². The summed E-state index contributed by atoms with van der Waals surface area (Å²) in [6.45, 7) is 5.78. The van der Waals surface area contributed by atoms with Crippen LogP contribution in [0.15, 0.2) is 11.5 Å². The molecule has 0 bridgehead atoms. The van der Waals surface area contributed by atoms with E-state index in [1.807, 2.05) is 6.92 Å². The smallest absolute Gasteiger partial charge is 0.151 e. The minimum Gasteiger partial charge on any atom is -0.298 e. The van der Waals surface area contributed by atoms with Crippen molar-refractivity contribution in [2.75, 3.05) is 0 Å². The van der Waals surface area contributed by atoms with E-state index in [9.17, 15) is 4.79 Å². The second-order valence-corrected chi connectivity index (χ2v) is 3.58. The molecule has 0 amide bonds. The van der Waals surface area contributed by atoms with Crippen LogP contribution in [0.2, 0.25) is 0 Å². The highest BCUT2D eigenvalue weighted by Gasteiger charge is 2.25. The molecule has 1 unspecified atom stereocenters. The van der Waals surface area contributed by atoms with Gasteiger partial charge in [0.25, 0.3) is 0 Å². The van der Waals surface area contributed by atoms with E-state index in [-0.39, 0.29) is 5.25 Å². The quantitative estimate of drug-likeness (QED) is 0.557. The van der Waals surface area contributed by atoms with Crippen LogP contribution in [0.5, 0.6) is 0 Å². The van der Waals surface area contributed by atoms with Crippen molar-refractivity contribution in [3.8, 4) is 0 Å². The maximum atomic E-state index is 10.9. The summed E-state index contributed by atoms with van der Waals surface area (Å²) in [5.74, 6) is 0.354. The highest BCUT2D eigenvalue weighted by molar-refractivity contribution is 8.04. The average molecular weight is 142 g/mol. The van der Waals surface area contributed by atoms with Gasteiger partial charge in [0.2, 0.25) is 0 Å². The fourth-order valence-electron chi connectivity index (χ4n) is 0.928. The highest BCUT2D eigenvalue weighted by Crippen LogP contribution is 2.34. The molecule has 0 aromatic rings. The van der Waals surface area contributed by atoms with Gasteiger partial charge < -0.3 is 0 Å². The molecule has 1 atom stereocenters. The van der Waals surface area contributed by atoms with Gasteiger partial charge in [0.05, 0.1) is 5.25 Å². The van der Waals surface area contributed by atoms with Crippen LogP contribution in [-0.4, -0.2) is 11.0 Å². The molecule has 0 N–H and O–H groups in total. The minimum atomic E-state index is 0.220. The van der Waals surface area contributed by atoms with Crippen molar-refractivity contribution in [2.45, 2.75) is 25.0 Å². The fraction of sp³-hybridized carbons (Fsp3) is 0.571. The van der Waals surface area contributed by atoms with E-state index in [0.29, 0.717) is 12.2 Å². The standard InChI is InChI=1S/C7H10OS/c1-3-7-6(8)4-5(2)9-7/h7H,2-4H2,1H3. The van der Waals surface area contributed by atoms with Crippen LogP contribution in [0.4, 0.5) is 0 Å². The predicted octanol–water partition coefficient (Wildman–Crippen LogP) is 1.98. The maximum absolute atomic E-state index is 10.9. The lowest BCUT2D eigenvalue weighted by Gasteiger charge is -1.98. The normalized spacial score (nSPS) is 27.4. The molecule has 1 nitrogen and oxygen atoms in total. The van der Waals surface area contributed by atoms with E-state index in [1.54, 1.807) is 11.8 Å². The predicted molar refractivity (Wildman–Crippen MR) is 40.4 cm³/mol. The summed E-state index contributed by atoms with van der Waals surface area (Å²) in [7, 11) is 0. The van der Waals surface area contributed by atoms with Gasteiger partial charge >= 0.3 is 0 Å². The fourth-order valence-corrected chi connectivity index (χ4v) is 1.94. The Morgan fingerprint density at radius 1 is 1.89 bits per heavy atom. The first kappa shape index (κ1) is 6.87. The molecule has 50 valence electrons. The summed E-state index contributed by atoms with van der Waals surface area (Å²) in [5, 5.41) is 0.220. The third-order valence-corrected chi connectivity index (χ3v) is 2.77. The lowest BCUT2D eigenvalue weighted by atomic mass is 10.2. The second-order valence-electron chi connectivity index (χ2n) is 2.20. The Bertz CT molecular complexity index is 151. The average Bonchev–Trinajstić information content (AvgIpc) is 2.10. The number of hydrogen-bond acceptors (Lipinski definition) is 2. The van der Waals surface area contributed by atoms with E-state index in [2.05, 4.69) is 6.58 Å². The largest absolute Gasteiger partial charge is 0.298 e. The summed E-state index contributed by atoms with van der Waals surface area (Å²) in [6.07, 6.45) is 1.55. The molecule has 0 radical (unpaired) electrons. The molecule has 9 heavy (non-hydrogen) atoms. The summed E-state index contributed by atoms with van der Waals surface area (Å²) in [5.41, 5.74) is 0. The van der Waals surface area contributed by atoms with Crippen molar-refractivity contribution >= 4 is 17.5 Å². The van der Waals surface area contributed by atoms with E-state index in [1.165, 1.54) is 0 Å². The number of rotatable bonds is 1. The van der Waals surface area contributed by atoms with Crippen LogP contribution >= 0.6 is 11.8 Å². The Labute approximate surface area is 59.5 Å². The molecule has 1 fully saturated rings. The second kappa shape index (κ2) is 2.56. The van der Waals surface area contributed by atoms with Crippen molar-refractivity contribution in [1.82, 2.24) is 0 Å². The van der Waals surface area contributed by atoms with Gasteiger partial charge in [-0.1, -0.05) is 13.5 Å². The Hall–Kier alpha value is -0.240. The van der Waals surface area contributed by atoms with E-state index in [0.717, 1.165) is 11.3 Å². The lowest BCUT2D eigenvalue weighted by Crippen LogP contribution is -2.07. The first-order valence-corrected chi connectivity index (χ1v) is 3.99. The zero-order chi connectivity index (χ0) is 6.85. The van der Waals surface area contributed by atoms with Gasteiger partial charge in [0.1, 0.15) is 0 Å². The Balaban J connectivity index is 2.58. The minimum absolute atomic E-state index is 0.220. The van der Waals surface area contributed by atoms with Crippen LogP contribution in [0.3, 0.4) is 0 Å². The number of carbonyl (C=O) groups is 1. The zero-order valence-electron chi connectivity index (χ0n) is 5.52. The molecule has 1 aliphatic heterocycles. The number of hydrogen-bond donors (Lipinski definition) is 0. The third-order valence-electron chi connectivity index (χ3n) is 1.41. The van der Waals surface area contributed by atoms with Crippen molar-refractivity contribution in [2.24, 2.45) is 0 Å². The third kappa shape index (κ3) is 1.36. The maximum Gasteiger partial charge on any atom is 0.151 e. The van der Waals surface area contributed by atoms with Crippen LogP contribution in [0.1, 0.15) is 19.8 Å². The van der Waals surface area contributed by atoms with Gasteiger partial charge in [-0.2, -0.15) is 0 Å². The van der Waals surface area contributed by atoms with E-state index < -0.39 is 0 Å². The molecule has 2 heteroatoms. The highest BCUT2D eigenvalue weighted by atomic mass is 32.2. The molecule has 0 spiro atoms. The first-order valence-electron chi connectivity index (χ1n) is 3.11. The molecule has 1 rings (SSSR count). The molecule has 0 aliphatic carbocycles. The molecular formula is C7H10OS. The van der Waals surface area contributed by atoms with Crippen molar-refractivity contribution in [3.05, 3.63) is 11.5 Å². The number of allylic oxidation sites excluding steroid dienone is 1. The summed E-state index contributed by atoms with van der Waals surface area (Å²) < 4.78 is 0.